The second kappa shape index (κ2) is 4.00. The summed E-state index contributed by atoms with van der Waals surface area (Å²) in [6.45, 7) is 0. The van der Waals surface area contributed by atoms with Crippen LogP contribution in [0, 0.1) is 0 Å². The zero-order chi connectivity index (χ0) is 8.93. The predicted octanol–water partition coefficient (Wildman–Crippen LogP) is 2.76. The maximum Gasteiger partial charge on any atom is 0.406 e. The van der Waals surface area contributed by atoms with Gasteiger partial charge in [0.2, 0.25) is 0 Å². The molecule has 0 aliphatic heterocycles. The highest BCUT2D eigenvalue weighted by atomic mass is 32.2. The van der Waals surface area contributed by atoms with Gasteiger partial charge in [-0.3, -0.25) is 0 Å². The Balaban J connectivity index is 1.94. The Morgan fingerprint density at radius 1 is 1.23 bits per heavy atom. The van der Waals surface area contributed by atoms with Crippen molar-refractivity contribution in [1.29, 1.82) is 0 Å². The summed E-state index contributed by atoms with van der Waals surface area (Å²) in [4.78, 5) is 4.84. The standard InChI is InChI=1S/C9H7NO2S/c1-2-4-8(5-3-1)13-12-9-10-6-7-11-9/h1-7H. The molecule has 66 valence electrons. The highest BCUT2D eigenvalue weighted by molar-refractivity contribution is 7.95. The van der Waals surface area contributed by atoms with Gasteiger partial charge in [0.05, 0.1) is 18.2 Å². The minimum Gasteiger partial charge on any atom is -0.417 e. The third kappa shape index (κ3) is 2.26. The number of hydrogen-bond donors (Lipinski definition) is 0. The van der Waals surface area contributed by atoms with Gasteiger partial charge in [-0.25, -0.2) is 0 Å². The highest BCUT2D eigenvalue weighted by Crippen LogP contribution is 2.20. The summed E-state index contributed by atoms with van der Waals surface area (Å²) >= 11 is 1.22. The van der Waals surface area contributed by atoms with Gasteiger partial charge in [0.1, 0.15) is 6.26 Å². The van der Waals surface area contributed by atoms with Crippen molar-refractivity contribution in [2.24, 2.45) is 0 Å². The van der Waals surface area contributed by atoms with E-state index in [1.165, 1.54) is 18.3 Å². The zero-order valence-corrected chi connectivity index (χ0v) is 7.53. The molecule has 0 amide bonds. The molecule has 13 heavy (non-hydrogen) atoms. The Morgan fingerprint density at radius 2 is 2.08 bits per heavy atom. The molecule has 0 aliphatic carbocycles. The van der Waals surface area contributed by atoms with Gasteiger partial charge in [-0.15, -0.1) is 0 Å². The molecule has 0 N–H and O–H groups in total. The largest absolute Gasteiger partial charge is 0.417 e. The Kier molecular flexibility index (Phi) is 2.52. The fraction of sp³-hybridized carbons (Fsp3) is 0. The lowest BCUT2D eigenvalue weighted by Gasteiger charge is -1.97. The first kappa shape index (κ1) is 8.19. The molecule has 0 saturated carbocycles. The minimum absolute atomic E-state index is 0.272. The van der Waals surface area contributed by atoms with E-state index in [1.807, 2.05) is 30.3 Å². The normalized spacial score (nSPS) is 9.85. The molecular formula is C9H7NO2S. The number of aromatic nitrogens is 1. The molecule has 0 atom stereocenters. The average Bonchev–Trinajstić information content (AvgIpc) is 2.69. The van der Waals surface area contributed by atoms with E-state index >= 15 is 0 Å². The van der Waals surface area contributed by atoms with Crippen LogP contribution in [0.25, 0.3) is 0 Å². The van der Waals surface area contributed by atoms with E-state index in [2.05, 4.69) is 4.98 Å². The Bertz CT molecular complexity index is 347. The molecule has 1 heterocycles. The van der Waals surface area contributed by atoms with E-state index in [1.54, 1.807) is 6.20 Å². The molecular weight excluding hydrogens is 186 g/mol. The number of nitrogens with zero attached hydrogens (tertiary/aromatic N) is 1. The topological polar surface area (TPSA) is 35.3 Å². The molecule has 0 spiro atoms. The van der Waals surface area contributed by atoms with Crippen LogP contribution in [0.5, 0.6) is 6.08 Å². The highest BCUT2D eigenvalue weighted by Gasteiger charge is 1.99. The second-order valence-electron chi connectivity index (χ2n) is 2.28. The van der Waals surface area contributed by atoms with Crippen molar-refractivity contribution in [3.63, 3.8) is 0 Å². The lowest BCUT2D eigenvalue weighted by molar-refractivity contribution is 0.405. The van der Waals surface area contributed by atoms with Crippen LogP contribution < -0.4 is 4.18 Å². The lowest BCUT2D eigenvalue weighted by Crippen LogP contribution is -1.80. The Labute approximate surface area is 79.9 Å². The predicted molar refractivity (Wildman–Crippen MR) is 49.4 cm³/mol. The smallest absolute Gasteiger partial charge is 0.406 e. The Hall–Kier alpha value is -1.42. The summed E-state index contributed by atoms with van der Waals surface area (Å²) in [5.74, 6) is 0. The van der Waals surface area contributed by atoms with Crippen molar-refractivity contribution in [2.75, 3.05) is 0 Å². The lowest BCUT2D eigenvalue weighted by atomic mass is 10.4. The van der Waals surface area contributed by atoms with Crippen LogP contribution in [0.1, 0.15) is 0 Å². The molecule has 1 aromatic heterocycles. The molecule has 0 unspecified atom stereocenters. The first-order chi connectivity index (χ1) is 6.45. The maximum atomic E-state index is 5.17. The third-order valence-corrected chi connectivity index (χ3v) is 2.05. The summed E-state index contributed by atoms with van der Waals surface area (Å²) in [7, 11) is 0. The first-order valence-corrected chi connectivity index (χ1v) is 4.48. The first-order valence-electron chi connectivity index (χ1n) is 3.74. The molecule has 3 nitrogen and oxygen atoms in total. The number of hydrogen-bond acceptors (Lipinski definition) is 4. The van der Waals surface area contributed by atoms with E-state index < -0.39 is 0 Å². The van der Waals surface area contributed by atoms with Crippen molar-refractivity contribution in [1.82, 2.24) is 4.98 Å². The maximum absolute atomic E-state index is 5.17. The van der Waals surface area contributed by atoms with Crippen molar-refractivity contribution in [3.8, 4) is 6.08 Å². The number of oxazole rings is 1. The average molecular weight is 193 g/mol. The molecule has 2 aromatic rings. The fourth-order valence-electron chi connectivity index (χ4n) is 0.811. The monoisotopic (exact) mass is 193 g/mol. The van der Waals surface area contributed by atoms with Crippen LogP contribution in [-0.4, -0.2) is 4.98 Å². The molecule has 0 aliphatic rings. The van der Waals surface area contributed by atoms with E-state index in [-0.39, 0.29) is 6.08 Å². The molecule has 0 radical (unpaired) electrons. The van der Waals surface area contributed by atoms with Crippen molar-refractivity contribution in [3.05, 3.63) is 42.8 Å². The van der Waals surface area contributed by atoms with E-state index in [9.17, 15) is 0 Å². The minimum atomic E-state index is 0.272. The third-order valence-electron chi connectivity index (χ3n) is 1.36. The van der Waals surface area contributed by atoms with Crippen molar-refractivity contribution >= 4 is 12.0 Å². The van der Waals surface area contributed by atoms with Crippen LogP contribution in [0.2, 0.25) is 0 Å². The summed E-state index contributed by atoms with van der Waals surface area (Å²) in [5.41, 5.74) is 0. The summed E-state index contributed by atoms with van der Waals surface area (Å²) in [6.07, 6.45) is 3.29. The van der Waals surface area contributed by atoms with Crippen LogP contribution >= 0.6 is 12.0 Å². The van der Waals surface area contributed by atoms with Gasteiger partial charge in [0.25, 0.3) is 0 Å². The van der Waals surface area contributed by atoms with Crippen LogP contribution in [-0.2, 0) is 0 Å². The zero-order valence-electron chi connectivity index (χ0n) is 6.71. The molecule has 0 fully saturated rings. The van der Waals surface area contributed by atoms with E-state index in [0.29, 0.717) is 0 Å². The van der Waals surface area contributed by atoms with Gasteiger partial charge in [-0.2, -0.15) is 4.98 Å². The van der Waals surface area contributed by atoms with Gasteiger partial charge in [0, 0.05) is 4.90 Å². The summed E-state index contributed by atoms with van der Waals surface area (Å²) in [5, 5.41) is 0. The number of rotatable bonds is 3. The van der Waals surface area contributed by atoms with Crippen LogP contribution in [0.15, 0.2) is 52.1 Å². The van der Waals surface area contributed by atoms with E-state index in [0.717, 1.165) is 4.90 Å². The van der Waals surface area contributed by atoms with Gasteiger partial charge in [-0.05, 0) is 12.1 Å². The summed E-state index contributed by atoms with van der Waals surface area (Å²) < 4.78 is 10.1. The summed E-state index contributed by atoms with van der Waals surface area (Å²) in [6, 6.07) is 9.75. The fourth-order valence-corrected chi connectivity index (χ4v) is 1.33. The van der Waals surface area contributed by atoms with Crippen molar-refractivity contribution in [2.45, 2.75) is 4.90 Å². The molecule has 0 saturated heterocycles. The quantitative estimate of drug-likeness (QED) is 0.702. The van der Waals surface area contributed by atoms with Crippen LogP contribution in [0.4, 0.5) is 0 Å². The molecule has 2 rings (SSSR count). The molecule has 4 heteroatoms. The van der Waals surface area contributed by atoms with Crippen LogP contribution in [0.3, 0.4) is 0 Å². The van der Waals surface area contributed by atoms with Gasteiger partial charge >= 0.3 is 6.08 Å². The second-order valence-corrected chi connectivity index (χ2v) is 3.08. The molecule has 0 bridgehead atoms. The Morgan fingerprint density at radius 3 is 2.77 bits per heavy atom. The van der Waals surface area contributed by atoms with Gasteiger partial charge in [0.15, 0.2) is 0 Å². The van der Waals surface area contributed by atoms with E-state index in [4.69, 9.17) is 8.60 Å². The van der Waals surface area contributed by atoms with Gasteiger partial charge < -0.3 is 8.60 Å². The number of benzene rings is 1. The molecule has 1 aromatic carbocycles. The van der Waals surface area contributed by atoms with Gasteiger partial charge in [-0.1, -0.05) is 18.2 Å². The van der Waals surface area contributed by atoms with Crippen molar-refractivity contribution < 1.29 is 8.60 Å². The SMILES string of the molecule is c1ccc(SOc2ncco2)cc1.